The first-order chi connectivity index (χ1) is 14.2. The number of pyridine rings is 1. The van der Waals surface area contributed by atoms with E-state index in [-0.39, 0.29) is 22.9 Å². The van der Waals surface area contributed by atoms with Gasteiger partial charge in [-0.3, -0.25) is 9.59 Å². The monoisotopic (exact) mass is 444 g/mol. The molecule has 2 aromatic carbocycles. The molecule has 6 nitrogen and oxygen atoms in total. The number of sulfone groups is 1. The minimum atomic E-state index is -4.02. The van der Waals surface area contributed by atoms with E-state index in [0.717, 1.165) is 5.56 Å². The van der Waals surface area contributed by atoms with E-state index in [0.29, 0.717) is 16.3 Å². The molecule has 0 aliphatic rings. The van der Waals surface area contributed by atoms with Crippen LogP contribution in [0, 0.1) is 13.8 Å². The number of carbonyl (C=O) groups excluding carboxylic acids is 1. The number of hydrogen-bond acceptors (Lipinski definition) is 4. The van der Waals surface area contributed by atoms with Crippen molar-refractivity contribution in [2.75, 3.05) is 0 Å². The fourth-order valence-electron chi connectivity index (χ4n) is 3.18. The third-order valence-corrected chi connectivity index (χ3v) is 7.00. The number of halogens is 1. The standard InChI is InChI=1S/C22H21ClN2O4S/c1-15-12-16(2)25(14-20(26)24-13-17-8-6-7-11-19(17)23)22(27)21(15)30(28,29)18-9-4-3-5-10-18/h3-12H,13-14H2,1-2H3,(H,24,26). The smallest absolute Gasteiger partial charge is 0.270 e. The number of rotatable bonds is 6. The highest BCUT2D eigenvalue weighted by molar-refractivity contribution is 7.91. The molecule has 0 bridgehead atoms. The molecule has 1 aromatic heterocycles. The van der Waals surface area contributed by atoms with Crippen LogP contribution in [0.25, 0.3) is 0 Å². The normalized spacial score (nSPS) is 11.3. The second kappa shape index (κ2) is 8.85. The molecule has 0 radical (unpaired) electrons. The summed E-state index contributed by atoms with van der Waals surface area (Å²) in [5.41, 5.74) is 0.864. The fraction of sp³-hybridized carbons (Fsp3) is 0.182. The highest BCUT2D eigenvalue weighted by Crippen LogP contribution is 2.21. The van der Waals surface area contributed by atoms with Crippen molar-refractivity contribution in [1.29, 1.82) is 0 Å². The summed E-state index contributed by atoms with van der Waals surface area (Å²) < 4.78 is 27.3. The molecule has 0 spiro atoms. The summed E-state index contributed by atoms with van der Waals surface area (Å²) in [6.07, 6.45) is 0. The Balaban J connectivity index is 1.91. The van der Waals surface area contributed by atoms with Crippen LogP contribution in [0.5, 0.6) is 0 Å². The lowest BCUT2D eigenvalue weighted by molar-refractivity contribution is -0.121. The summed E-state index contributed by atoms with van der Waals surface area (Å²) >= 11 is 6.09. The summed E-state index contributed by atoms with van der Waals surface area (Å²) in [5.74, 6) is -0.424. The maximum absolute atomic E-state index is 13.1. The molecule has 3 aromatic rings. The number of nitrogens with one attached hydrogen (secondary N) is 1. The van der Waals surface area contributed by atoms with E-state index in [2.05, 4.69) is 5.32 Å². The molecule has 0 saturated carbocycles. The Hall–Kier alpha value is -2.90. The Morgan fingerprint density at radius 1 is 1.03 bits per heavy atom. The number of carbonyl (C=O) groups is 1. The number of hydrogen-bond donors (Lipinski definition) is 1. The molecule has 0 aliphatic heterocycles. The fourth-order valence-corrected chi connectivity index (χ4v) is 4.96. The summed E-state index contributed by atoms with van der Waals surface area (Å²) in [4.78, 5) is 25.2. The summed E-state index contributed by atoms with van der Waals surface area (Å²) in [7, 11) is -4.02. The number of aryl methyl sites for hydroxylation is 2. The zero-order valence-electron chi connectivity index (χ0n) is 16.6. The van der Waals surface area contributed by atoms with Crippen molar-refractivity contribution in [3.8, 4) is 0 Å². The van der Waals surface area contributed by atoms with E-state index in [1.807, 2.05) is 6.07 Å². The number of benzene rings is 2. The van der Waals surface area contributed by atoms with Crippen LogP contribution in [0.15, 0.2) is 75.2 Å². The minimum Gasteiger partial charge on any atom is -0.350 e. The van der Waals surface area contributed by atoms with Crippen LogP contribution in [0.2, 0.25) is 5.02 Å². The van der Waals surface area contributed by atoms with Crippen molar-refractivity contribution in [3.63, 3.8) is 0 Å². The largest absolute Gasteiger partial charge is 0.350 e. The van der Waals surface area contributed by atoms with Crippen LogP contribution < -0.4 is 10.9 Å². The molecule has 1 heterocycles. The Bertz CT molecular complexity index is 1250. The van der Waals surface area contributed by atoms with Crippen LogP contribution in [0.1, 0.15) is 16.8 Å². The van der Waals surface area contributed by atoms with E-state index in [1.54, 1.807) is 56.3 Å². The molecule has 30 heavy (non-hydrogen) atoms. The van der Waals surface area contributed by atoms with Crippen molar-refractivity contribution in [3.05, 3.63) is 92.9 Å². The van der Waals surface area contributed by atoms with Gasteiger partial charge in [0.15, 0.2) is 0 Å². The Morgan fingerprint density at radius 2 is 1.67 bits per heavy atom. The lowest BCUT2D eigenvalue weighted by Gasteiger charge is -2.15. The summed E-state index contributed by atoms with van der Waals surface area (Å²) in [5, 5.41) is 3.24. The van der Waals surface area contributed by atoms with Gasteiger partial charge >= 0.3 is 0 Å². The molecule has 0 aliphatic carbocycles. The van der Waals surface area contributed by atoms with E-state index >= 15 is 0 Å². The minimum absolute atomic E-state index is 0.0313. The lowest BCUT2D eigenvalue weighted by atomic mass is 10.2. The van der Waals surface area contributed by atoms with E-state index < -0.39 is 21.3 Å². The third-order valence-electron chi connectivity index (χ3n) is 4.71. The molecule has 0 fully saturated rings. The zero-order chi connectivity index (χ0) is 21.9. The zero-order valence-corrected chi connectivity index (χ0v) is 18.1. The van der Waals surface area contributed by atoms with Gasteiger partial charge in [0.2, 0.25) is 15.7 Å². The average molecular weight is 445 g/mol. The second-order valence-corrected chi connectivity index (χ2v) is 9.17. The van der Waals surface area contributed by atoms with Gasteiger partial charge in [0.1, 0.15) is 11.4 Å². The van der Waals surface area contributed by atoms with Crippen LogP contribution in [0.4, 0.5) is 0 Å². The molecule has 0 saturated heterocycles. The number of nitrogens with zero attached hydrogens (tertiary/aromatic N) is 1. The third kappa shape index (κ3) is 4.47. The molecular formula is C22H21ClN2O4S. The van der Waals surface area contributed by atoms with E-state index in [9.17, 15) is 18.0 Å². The van der Waals surface area contributed by atoms with Crippen LogP contribution in [0.3, 0.4) is 0 Å². The van der Waals surface area contributed by atoms with Crippen LogP contribution in [-0.2, 0) is 27.7 Å². The van der Waals surface area contributed by atoms with Gasteiger partial charge in [-0.1, -0.05) is 48.0 Å². The first-order valence-corrected chi connectivity index (χ1v) is 11.1. The van der Waals surface area contributed by atoms with Crippen molar-refractivity contribution >= 4 is 27.3 Å². The van der Waals surface area contributed by atoms with Crippen LogP contribution >= 0.6 is 11.6 Å². The van der Waals surface area contributed by atoms with Gasteiger partial charge < -0.3 is 9.88 Å². The van der Waals surface area contributed by atoms with E-state index in [4.69, 9.17) is 11.6 Å². The van der Waals surface area contributed by atoms with Gasteiger partial charge in [0.05, 0.1) is 4.90 Å². The summed E-state index contributed by atoms with van der Waals surface area (Å²) in [6, 6.07) is 16.5. The van der Waals surface area contributed by atoms with Gasteiger partial charge in [-0.15, -0.1) is 0 Å². The molecule has 0 atom stereocenters. The Morgan fingerprint density at radius 3 is 2.33 bits per heavy atom. The van der Waals surface area contributed by atoms with Crippen molar-refractivity contribution in [2.45, 2.75) is 36.7 Å². The molecule has 1 amide bonds. The highest BCUT2D eigenvalue weighted by atomic mass is 35.5. The number of aromatic nitrogens is 1. The topological polar surface area (TPSA) is 85.2 Å². The highest BCUT2D eigenvalue weighted by Gasteiger charge is 2.26. The first kappa shape index (κ1) is 21.8. The van der Waals surface area contributed by atoms with E-state index in [1.165, 1.54) is 16.7 Å². The van der Waals surface area contributed by atoms with Crippen molar-refractivity contribution < 1.29 is 13.2 Å². The SMILES string of the molecule is Cc1cc(C)n(CC(=O)NCc2ccccc2Cl)c(=O)c1S(=O)(=O)c1ccccc1. The molecule has 1 N–H and O–H groups in total. The van der Waals surface area contributed by atoms with Gasteiger partial charge in [-0.25, -0.2) is 8.42 Å². The maximum atomic E-state index is 13.1. The Kier molecular flexibility index (Phi) is 6.43. The van der Waals surface area contributed by atoms with Gasteiger partial charge in [0, 0.05) is 17.3 Å². The molecule has 8 heteroatoms. The second-order valence-electron chi connectivity index (χ2n) is 6.87. The van der Waals surface area contributed by atoms with Gasteiger partial charge in [-0.05, 0) is 49.2 Å². The predicted octanol–water partition coefficient (Wildman–Crippen LogP) is 3.27. The predicted molar refractivity (Wildman–Crippen MR) is 115 cm³/mol. The quantitative estimate of drug-likeness (QED) is 0.632. The van der Waals surface area contributed by atoms with Crippen molar-refractivity contribution in [1.82, 2.24) is 9.88 Å². The van der Waals surface area contributed by atoms with Gasteiger partial charge in [0.25, 0.3) is 5.56 Å². The molecular weight excluding hydrogens is 424 g/mol. The van der Waals surface area contributed by atoms with Gasteiger partial charge in [-0.2, -0.15) is 0 Å². The summed E-state index contributed by atoms with van der Waals surface area (Å²) in [6.45, 7) is 3.14. The van der Waals surface area contributed by atoms with Crippen LogP contribution in [-0.4, -0.2) is 18.9 Å². The molecule has 156 valence electrons. The Labute approximate surface area is 180 Å². The number of amides is 1. The average Bonchev–Trinajstić information content (AvgIpc) is 2.71. The first-order valence-electron chi connectivity index (χ1n) is 9.23. The molecule has 3 rings (SSSR count). The molecule has 0 unspecified atom stereocenters. The van der Waals surface area contributed by atoms with Crippen molar-refractivity contribution in [2.24, 2.45) is 0 Å². The maximum Gasteiger partial charge on any atom is 0.270 e. The lowest BCUT2D eigenvalue weighted by Crippen LogP contribution is -2.35.